The molecule has 0 atom stereocenters. The maximum Gasteiger partial charge on any atom is 0.287 e. The number of ether oxygens (including phenoxy) is 1. The lowest BCUT2D eigenvalue weighted by Gasteiger charge is -2.24. The topological polar surface area (TPSA) is 56.2 Å². The molecule has 1 aromatic heterocycles. The monoisotopic (exact) mass is 337 g/mol. The molecule has 1 heterocycles. The maximum absolute atomic E-state index is 11.6. The van der Waals surface area contributed by atoms with E-state index >= 15 is 0 Å². The summed E-state index contributed by atoms with van der Waals surface area (Å²) >= 11 is 3.26. The van der Waals surface area contributed by atoms with Crippen LogP contribution in [0.4, 0.5) is 0 Å². The highest BCUT2D eigenvalue weighted by atomic mass is 79.9. The van der Waals surface area contributed by atoms with E-state index < -0.39 is 10.0 Å². The molecule has 0 saturated heterocycles. The van der Waals surface area contributed by atoms with Crippen LogP contribution in [0.3, 0.4) is 0 Å². The first-order chi connectivity index (χ1) is 8.33. The quantitative estimate of drug-likeness (QED) is 0.803. The molecule has 0 saturated carbocycles. The predicted octanol–water partition coefficient (Wildman–Crippen LogP) is 1.67. The van der Waals surface area contributed by atoms with Gasteiger partial charge in [0, 0.05) is 19.0 Å². The molecule has 104 valence electrons. The minimum absolute atomic E-state index is 0.217. The van der Waals surface area contributed by atoms with E-state index in [2.05, 4.69) is 45.0 Å². The molecule has 1 aromatic rings. The number of hydrogen-bond donors (Lipinski definition) is 1. The second-order valence-electron chi connectivity index (χ2n) is 4.77. The molecule has 0 fully saturated rings. The van der Waals surface area contributed by atoms with Crippen molar-refractivity contribution in [2.75, 3.05) is 38.2 Å². The molecule has 0 unspecified atom stereocenters. The van der Waals surface area contributed by atoms with Crippen molar-refractivity contribution in [3.8, 4) is 0 Å². The highest BCUT2D eigenvalue weighted by Gasteiger charge is 2.13. The Kier molecular flexibility index (Phi) is 5.68. The number of hydrogen-bond acceptors (Lipinski definition) is 3. The SMILES string of the molecule is CNC(=O)c1nc(Br)cn1COCCS(C)(C)C. The first kappa shape index (κ1) is 15.5. The fourth-order valence-electron chi connectivity index (χ4n) is 1.25. The standard InChI is InChI=1S/C11H20BrN3O2S/c1-13-11(16)10-14-9(12)7-15(10)8-17-5-6-18(2,3)4/h7H,5-6,8H2,1-4H3,(H,13,16). The molecule has 18 heavy (non-hydrogen) atoms. The Morgan fingerprint density at radius 1 is 1.56 bits per heavy atom. The minimum atomic E-state index is -0.543. The van der Waals surface area contributed by atoms with Crippen molar-refractivity contribution >= 4 is 31.9 Å². The van der Waals surface area contributed by atoms with E-state index in [1.807, 2.05) is 0 Å². The van der Waals surface area contributed by atoms with E-state index in [1.165, 1.54) is 0 Å². The van der Waals surface area contributed by atoms with Gasteiger partial charge in [-0.05, 0) is 34.7 Å². The van der Waals surface area contributed by atoms with Crippen LogP contribution in [0, 0.1) is 0 Å². The summed E-state index contributed by atoms with van der Waals surface area (Å²) in [6.07, 6.45) is 8.49. The van der Waals surface area contributed by atoms with Crippen LogP contribution in [0.25, 0.3) is 0 Å². The Morgan fingerprint density at radius 2 is 2.22 bits per heavy atom. The second-order valence-corrected chi connectivity index (χ2v) is 10.2. The van der Waals surface area contributed by atoms with Crippen molar-refractivity contribution in [3.63, 3.8) is 0 Å². The lowest BCUT2D eigenvalue weighted by Crippen LogP contribution is -2.23. The average molecular weight is 338 g/mol. The third-order valence-electron chi connectivity index (χ3n) is 2.25. The van der Waals surface area contributed by atoms with Crippen molar-refractivity contribution in [3.05, 3.63) is 16.6 Å². The Balaban J connectivity index is 2.54. The summed E-state index contributed by atoms with van der Waals surface area (Å²) in [5, 5.41) is 2.56. The molecule has 0 bridgehead atoms. The normalized spacial score (nSPS) is 12.5. The largest absolute Gasteiger partial charge is 0.360 e. The molecular formula is C11H20BrN3O2S. The zero-order chi connectivity index (χ0) is 13.8. The van der Waals surface area contributed by atoms with Crippen LogP contribution in [-0.2, 0) is 11.5 Å². The van der Waals surface area contributed by atoms with Crippen LogP contribution in [-0.4, -0.2) is 53.6 Å². The molecule has 0 aliphatic rings. The Bertz CT molecular complexity index is 415. The van der Waals surface area contributed by atoms with Crippen molar-refractivity contribution in [2.24, 2.45) is 0 Å². The number of aromatic nitrogens is 2. The Morgan fingerprint density at radius 3 is 2.78 bits per heavy atom. The van der Waals surface area contributed by atoms with E-state index in [0.29, 0.717) is 23.8 Å². The van der Waals surface area contributed by atoms with Crippen LogP contribution in [0.2, 0.25) is 0 Å². The van der Waals surface area contributed by atoms with E-state index in [0.717, 1.165) is 5.75 Å². The highest BCUT2D eigenvalue weighted by molar-refractivity contribution is 9.10. The van der Waals surface area contributed by atoms with E-state index in [9.17, 15) is 4.79 Å². The molecule has 0 spiro atoms. The van der Waals surface area contributed by atoms with Crippen LogP contribution in [0.1, 0.15) is 10.6 Å². The van der Waals surface area contributed by atoms with Gasteiger partial charge in [-0.1, -0.05) is 0 Å². The van der Waals surface area contributed by atoms with Gasteiger partial charge in [0.2, 0.25) is 5.82 Å². The molecule has 1 rings (SSSR count). The summed E-state index contributed by atoms with van der Waals surface area (Å²) < 4.78 is 7.91. The molecule has 0 aliphatic carbocycles. The van der Waals surface area contributed by atoms with E-state index in [1.54, 1.807) is 17.8 Å². The van der Waals surface area contributed by atoms with Gasteiger partial charge in [0.1, 0.15) is 11.3 Å². The molecule has 0 aromatic carbocycles. The lowest BCUT2D eigenvalue weighted by molar-refractivity contribution is 0.0803. The van der Waals surface area contributed by atoms with Crippen LogP contribution in [0.15, 0.2) is 10.8 Å². The summed E-state index contributed by atoms with van der Waals surface area (Å²) in [5.74, 6) is 1.19. The summed E-state index contributed by atoms with van der Waals surface area (Å²) in [4.78, 5) is 15.7. The molecule has 1 amide bonds. The molecule has 0 radical (unpaired) electrons. The lowest BCUT2D eigenvalue weighted by atomic mass is 10.5. The summed E-state index contributed by atoms with van der Waals surface area (Å²) in [7, 11) is 1.04. The number of imidazole rings is 1. The summed E-state index contributed by atoms with van der Waals surface area (Å²) in [6, 6.07) is 0. The van der Waals surface area contributed by atoms with Gasteiger partial charge in [0.05, 0.1) is 6.61 Å². The van der Waals surface area contributed by atoms with Crippen LogP contribution in [0.5, 0.6) is 0 Å². The zero-order valence-corrected chi connectivity index (χ0v) is 13.6. The van der Waals surface area contributed by atoms with Gasteiger partial charge in [-0.15, -0.1) is 0 Å². The van der Waals surface area contributed by atoms with Crippen LogP contribution < -0.4 is 5.32 Å². The van der Waals surface area contributed by atoms with Gasteiger partial charge < -0.3 is 14.6 Å². The maximum atomic E-state index is 11.6. The number of nitrogens with zero attached hydrogens (tertiary/aromatic N) is 2. The number of halogens is 1. The average Bonchev–Trinajstić information content (AvgIpc) is 2.63. The minimum Gasteiger partial charge on any atom is -0.360 e. The van der Waals surface area contributed by atoms with Crippen molar-refractivity contribution < 1.29 is 9.53 Å². The van der Waals surface area contributed by atoms with Gasteiger partial charge in [-0.25, -0.2) is 15.0 Å². The van der Waals surface area contributed by atoms with Gasteiger partial charge in [0.15, 0.2) is 0 Å². The van der Waals surface area contributed by atoms with E-state index in [4.69, 9.17) is 4.74 Å². The third kappa shape index (κ3) is 4.99. The number of carbonyl (C=O) groups is 1. The number of nitrogens with one attached hydrogen (secondary N) is 1. The van der Waals surface area contributed by atoms with Gasteiger partial charge in [-0.2, -0.15) is 0 Å². The van der Waals surface area contributed by atoms with Crippen molar-refractivity contribution in [1.82, 2.24) is 14.9 Å². The number of amides is 1. The molecule has 7 heteroatoms. The van der Waals surface area contributed by atoms with Crippen molar-refractivity contribution in [1.29, 1.82) is 0 Å². The molecule has 5 nitrogen and oxygen atoms in total. The first-order valence-corrected chi connectivity index (χ1v) is 9.34. The van der Waals surface area contributed by atoms with Crippen LogP contribution >= 0.6 is 26.0 Å². The Hall–Kier alpha value is -0.530. The first-order valence-electron chi connectivity index (χ1n) is 5.52. The van der Waals surface area contributed by atoms with Gasteiger partial charge in [-0.3, -0.25) is 4.79 Å². The smallest absolute Gasteiger partial charge is 0.287 e. The second kappa shape index (κ2) is 6.58. The molecule has 0 aliphatic heterocycles. The molecule has 1 N–H and O–H groups in total. The molecular weight excluding hydrogens is 318 g/mol. The zero-order valence-electron chi connectivity index (χ0n) is 11.2. The van der Waals surface area contributed by atoms with Gasteiger partial charge in [0.25, 0.3) is 5.91 Å². The highest BCUT2D eigenvalue weighted by Crippen LogP contribution is 2.33. The third-order valence-corrected chi connectivity index (χ3v) is 4.02. The summed E-state index contributed by atoms with van der Waals surface area (Å²) in [6.45, 7) is 1.04. The van der Waals surface area contributed by atoms with Crippen molar-refractivity contribution in [2.45, 2.75) is 6.73 Å². The van der Waals surface area contributed by atoms with E-state index in [-0.39, 0.29) is 5.91 Å². The Labute approximate surface area is 118 Å². The van der Waals surface area contributed by atoms with Gasteiger partial charge >= 0.3 is 0 Å². The number of rotatable bonds is 6. The number of carbonyl (C=O) groups excluding carboxylic acids is 1. The predicted molar refractivity (Wildman–Crippen MR) is 79.5 cm³/mol. The fourth-order valence-corrected chi connectivity index (χ4v) is 2.28. The fraction of sp³-hybridized carbons (Fsp3) is 0.636. The summed E-state index contributed by atoms with van der Waals surface area (Å²) in [5.41, 5.74) is 0.